The summed E-state index contributed by atoms with van der Waals surface area (Å²) in [6.45, 7) is 4.32. The molecular weight excluding hydrogens is 862 g/mol. The number of ether oxygens (including phenoxy) is 4. The van der Waals surface area contributed by atoms with Gasteiger partial charge in [-0.1, -0.05) is 150 Å². The van der Waals surface area contributed by atoms with Crippen molar-refractivity contribution in [3.63, 3.8) is 0 Å². The summed E-state index contributed by atoms with van der Waals surface area (Å²) in [4.78, 5) is 70.1. The van der Waals surface area contributed by atoms with Crippen LogP contribution in [0, 0.1) is 0 Å². The smallest absolute Gasteiger partial charge is 0.462 e. The predicted molar refractivity (Wildman–Crippen MR) is 238 cm³/mol. The second-order valence-electron chi connectivity index (χ2n) is 16.1. The van der Waals surface area contributed by atoms with Crippen molar-refractivity contribution in [1.82, 2.24) is 0 Å². The van der Waals surface area contributed by atoms with E-state index in [1.54, 1.807) is 0 Å². The molecule has 0 spiro atoms. The number of phosphoric acid groups is 2. The molecule has 5 atom stereocenters. The van der Waals surface area contributed by atoms with E-state index in [1.807, 2.05) is 13.8 Å². The van der Waals surface area contributed by atoms with Gasteiger partial charge in [0.1, 0.15) is 19.3 Å². The highest BCUT2D eigenvalue weighted by Gasteiger charge is 2.30. The van der Waals surface area contributed by atoms with Crippen molar-refractivity contribution in [2.45, 2.75) is 219 Å². The van der Waals surface area contributed by atoms with Gasteiger partial charge in [0.05, 0.1) is 26.4 Å². The van der Waals surface area contributed by atoms with Gasteiger partial charge in [-0.25, -0.2) is 9.13 Å². The Balaban J connectivity index is 5.01. The molecule has 3 N–H and O–H groups in total. The van der Waals surface area contributed by atoms with Crippen LogP contribution in [-0.4, -0.2) is 96.7 Å². The maximum Gasteiger partial charge on any atom is 0.472 e. The van der Waals surface area contributed by atoms with Crippen molar-refractivity contribution in [1.29, 1.82) is 0 Å². The number of aliphatic hydroxyl groups is 1. The molecule has 0 amide bonds. The Labute approximate surface area is 377 Å². The summed E-state index contributed by atoms with van der Waals surface area (Å²) in [5, 5.41) is 10.3. The maximum absolute atomic E-state index is 12.7. The molecule has 0 aromatic heterocycles. The molecule has 0 aliphatic rings. The number of hydrogen-bond donors (Lipinski definition) is 3. The van der Waals surface area contributed by atoms with Crippen LogP contribution in [0.2, 0.25) is 0 Å². The summed E-state index contributed by atoms with van der Waals surface area (Å²) in [6, 6.07) is 0. The van der Waals surface area contributed by atoms with Gasteiger partial charge in [0.2, 0.25) is 0 Å². The van der Waals surface area contributed by atoms with Crippen LogP contribution in [0.5, 0.6) is 0 Å². The van der Waals surface area contributed by atoms with Gasteiger partial charge in [0.25, 0.3) is 0 Å². The molecule has 0 rings (SSSR count). The van der Waals surface area contributed by atoms with Crippen molar-refractivity contribution in [3.8, 4) is 0 Å². The van der Waals surface area contributed by atoms with Crippen molar-refractivity contribution < 1.29 is 80.2 Å². The first kappa shape index (κ1) is 61.1. The van der Waals surface area contributed by atoms with Crippen molar-refractivity contribution in [2.24, 2.45) is 0 Å². The second-order valence-corrected chi connectivity index (χ2v) is 19.0. The van der Waals surface area contributed by atoms with E-state index in [4.69, 9.17) is 37.0 Å². The molecule has 19 heteroatoms. The monoisotopic (exact) mass is 947 g/mol. The quantitative estimate of drug-likeness (QED) is 0.0223. The van der Waals surface area contributed by atoms with Crippen LogP contribution in [0.4, 0.5) is 0 Å². The Hall–Kier alpha value is -1.94. The summed E-state index contributed by atoms with van der Waals surface area (Å²) in [6.07, 6.45) is 18.8. The van der Waals surface area contributed by atoms with Gasteiger partial charge in [-0.05, 0) is 25.7 Å². The highest BCUT2D eigenvalue weighted by atomic mass is 31.2. The van der Waals surface area contributed by atoms with Crippen LogP contribution >= 0.6 is 15.6 Å². The molecule has 0 fully saturated rings. The van der Waals surface area contributed by atoms with Gasteiger partial charge in [0.15, 0.2) is 12.2 Å². The van der Waals surface area contributed by atoms with Crippen LogP contribution in [0.3, 0.4) is 0 Å². The molecule has 0 radical (unpaired) electrons. The third kappa shape index (κ3) is 40.1. The Kier molecular flexibility index (Phi) is 39.1. The van der Waals surface area contributed by atoms with Gasteiger partial charge >= 0.3 is 39.5 Å². The van der Waals surface area contributed by atoms with E-state index in [-0.39, 0.29) is 25.7 Å². The second kappa shape index (κ2) is 40.3. The summed E-state index contributed by atoms with van der Waals surface area (Å²) in [5.74, 6) is -2.22. The number of aliphatic hydroxyl groups excluding tert-OH is 1. The Morgan fingerprint density at radius 2 is 0.635 bits per heavy atom. The average molecular weight is 947 g/mol. The van der Waals surface area contributed by atoms with E-state index >= 15 is 0 Å². The standard InChI is InChI=1S/C44H84O17P2/c1-5-9-13-15-17-19-21-23-27-31-44(49)61-40(34-54-41(46)28-24-11-7-3)37-59-63(52,53)57-33-38(45)32-56-62(50,51)58-36-39(60-43(48)30-25-12-8-4)35-55-42(47)29-26-22-20-18-16-14-10-6-2/h38-40,45H,5-37H2,1-4H3,(H,50,51)(H,52,53)/t38-,39-,40-/m1/s1. The lowest BCUT2D eigenvalue weighted by Gasteiger charge is -2.21. The minimum Gasteiger partial charge on any atom is -0.462 e. The molecule has 0 aromatic rings. The molecule has 17 nitrogen and oxygen atoms in total. The SMILES string of the molecule is CCCCCCCCCCCC(=O)O[C@H](COC(=O)CCCCC)COP(=O)(O)OC[C@H](O)COP(=O)(O)OC[C@@H](COC(=O)CCCCCCCCCC)OC(=O)CCCCC. The Morgan fingerprint density at radius 3 is 0.968 bits per heavy atom. The topological polar surface area (TPSA) is 237 Å². The summed E-state index contributed by atoms with van der Waals surface area (Å²) < 4.78 is 66.2. The van der Waals surface area contributed by atoms with E-state index < -0.39 is 97.5 Å². The third-order valence-corrected chi connectivity index (χ3v) is 11.8. The highest BCUT2D eigenvalue weighted by molar-refractivity contribution is 7.47. The van der Waals surface area contributed by atoms with Gasteiger partial charge in [-0.2, -0.15) is 0 Å². The van der Waals surface area contributed by atoms with Crippen LogP contribution in [0.25, 0.3) is 0 Å². The number of hydrogen-bond acceptors (Lipinski definition) is 15. The zero-order valence-electron chi connectivity index (χ0n) is 39.0. The van der Waals surface area contributed by atoms with Crippen LogP contribution in [0.15, 0.2) is 0 Å². The zero-order valence-corrected chi connectivity index (χ0v) is 40.8. The van der Waals surface area contributed by atoms with Crippen molar-refractivity contribution in [3.05, 3.63) is 0 Å². The Morgan fingerprint density at radius 1 is 0.381 bits per heavy atom. The zero-order chi connectivity index (χ0) is 47.0. The maximum atomic E-state index is 12.7. The van der Waals surface area contributed by atoms with E-state index in [9.17, 15) is 43.2 Å². The summed E-state index contributed by atoms with van der Waals surface area (Å²) in [5.41, 5.74) is 0. The van der Waals surface area contributed by atoms with Crippen LogP contribution in [0.1, 0.15) is 201 Å². The molecule has 0 heterocycles. The number of esters is 4. The lowest BCUT2D eigenvalue weighted by Crippen LogP contribution is -2.30. The van der Waals surface area contributed by atoms with Gasteiger partial charge in [-0.15, -0.1) is 0 Å². The van der Waals surface area contributed by atoms with E-state index in [0.717, 1.165) is 77.0 Å². The predicted octanol–water partition coefficient (Wildman–Crippen LogP) is 10.1. The summed E-state index contributed by atoms with van der Waals surface area (Å²) in [7, 11) is -9.81. The number of carbonyl (C=O) groups excluding carboxylic acids is 4. The van der Waals surface area contributed by atoms with Crippen LogP contribution in [-0.2, 0) is 65.4 Å². The first-order valence-electron chi connectivity index (χ1n) is 23.8. The summed E-state index contributed by atoms with van der Waals surface area (Å²) >= 11 is 0. The first-order chi connectivity index (χ1) is 30.2. The third-order valence-electron chi connectivity index (χ3n) is 9.85. The van der Waals surface area contributed by atoms with E-state index in [0.29, 0.717) is 25.7 Å². The average Bonchev–Trinajstić information content (AvgIpc) is 3.24. The molecular formula is C44H84O17P2. The molecule has 0 aromatic carbocycles. The molecule has 372 valence electrons. The lowest BCUT2D eigenvalue weighted by atomic mass is 10.1. The molecule has 0 aliphatic heterocycles. The molecule has 0 aliphatic carbocycles. The normalized spacial score (nSPS) is 14.8. The largest absolute Gasteiger partial charge is 0.472 e. The van der Waals surface area contributed by atoms with Crippen LogP contribution < -0.4 is 0 Å². The number of unbranched alkanes of at least 4 members (excludes halogenated alkanes) is 19. The van der Waals surface area contributed by atoms with Crippen molar-refractivity contribution in [2.75, 3.05) is 39.6 Å². The number of carbonyl (C=O) groups is 4. The lowest BCUT2D eigenvalue weighted by molar-refractivity contribution is -0.161. The molecule has 0 saturated carbocycles. The molecule has 2 unspecified atom stereocenters. The number of rotatable bonds is 45. The van der Waals surface area contributed by atoms with Crippen molar-refractivity contribution >= 4 is 39.5 Å². The fourth-order valence-corrected chi connectivity index (χ4v) is 7.68. The minimum absolute atomic E-state index is 0.0895. The van der Waals surface area contributed by atoms with Gasteiger partial charge in [0, 0.05) is 25.7 Å². The Bertz CT molecular complexity index is 1270. The van der Waals surface area contributed by atoms with E-state index in [2.05, 4.69) is 13.8 Å². The number of phosphoric ester groups is 2. The molecule has 0 bridgehead atoms. The minimum atomic E-state index is -4.90. The highest BCUT2D eigenvalue weighted by Crippen LogP contribution is 2.45. The first-order valence-corrected chi connectivity index (χ1v) is 26.8. The van der Waals surface area contributed by atoms with Gasteiger partial charge in [-0.3, -0.25) is 37.3 Å². The molecule has 0 saturated heterocycles. The van der Waals surface area contributed by atoms with E-state index in [1.165, 1.54) is 44.9 Å². The molecule has 63 heavy (non-hydrogen) atoms. The fraction of sp³-hybridized carbons (Fsp3) is 0.909. The fourth-order valence-electron chi connectivity index (χ4n) is 6.10. The van der Waals surface area contributed by atoms with Gasteiger partial charge < -0.3 is 33.8 Å².